The van der Waals surface area contributed by atoms with Crippen LogP contribution in [0.1, 0.15) is 17.3 Å². The minimum atomic E-state index is -0.578. The average molecular weight is 339 g/mol. The van der Waals surface area contributed by atoms with Gasteiger partial charge in [-0.1, -0.05) is 29.8 Å². The van der Waals surface area contributed by atoms with Crippen LogP contribution >= 0.6 is 12.6 Å². The van der Waals surface area contributed by atoms with Gasteiger partial charge in [-0.3, -0.25) is 4.79 Å². The molecule has 0 saturated heterocycles. The number of nitrogens with one attached hydrogen (secondary N) is 1. The molecule has 120 valence electrons. The van der Waals surface area contributed by atoms with Crippen molar-refractivity contribution in [3.63, 3.8) is 0 Å². The molecule has 1 aliphatic rings. The maximum absolute atomic E-state index is 13.2. The summed E-state index contributed by atoms with van der Waals surface area (Å²) in [5.41, 5.74) is 2.49. The van der Waals surface area contributed by atoms with Crippen LogP contribution in [0.2, 0.25) is 0 Å². The van der Waals surface area contributed by atoms with Gasteiger partial charge >= 0.3 is 0 Å². The number of hydrogen-bond acceptors (Lipinski definition) is 4. The molecular formula is C18H14FN3OS. The molecule has 2 aromatic carbocycles. The van der Waals surface area contributed by atoms with E-state index in [0.29, 0.717) is 5.56 Å². The quantitative estimate of drug-likeness (QED) is 0.824. The van der Waals surface area contributed by atoms with E-state index in [1.165, 1.54) is 12.1 Å². The van der Waals surface area contributed by atoms with Crippen LogP contribution in [0.3, 0.4) is 0 Å². The van der Waals surface area contributed by atoms with Gasteiger partial charge in [-0.25, -0.2) is 4.39 Å². The molecular weight excluding hydrogens is 325 g/mol. The smallest absolute Gasteiger partial charge is 0.266 e. The molecule has 4 nitrogen and oxygen atoms in total. The van der Waals surface area contributed by atoms with E-state index < -0.39 is 12.1 Å². The second kappa shape index (κ2) is 6.38. The zero-order valence-corrected chi connectivity index (χ0v) is 13.7. The summed E-state index contributed by atoms with van der Waals surface area (Å²) >= 11 is 4.41. The van der Waals surface area contributed by atoms with Crippen LogP contribution in [-0.2, 0) is 4.79 Å². The van der Waals surface area contributed by atoms with Gasteiger partial charge in [0.1, 0.15) is 23.6 Å². The molecule has 0 aromatic heterocycles. The third-order valence-electron chi connectivity index (χ3n) is 3.81. The summed E-state index contributed by atoms with van der Waals surface area (Å²) in [6, 6.07) is 15.4. The van der Waals surface area contributed by atoms with Gasteiger partial charge in [-0.05, 0) is 36.8 Å². The zero-order chi connectivity index (χ0) is 17.3. The molecule has 0 bridgehead atoms. The predicted molar refractivity (Wildman–Crippen MR) is 92.6 cm³/mol. The largest absolute Gasteiger partial charge is 0.327 e. The Kier molecular flexibility index (Phi) is 4.28. The molecule has 1 aliphatic heterocycles. The number of amides is 1. The lowest BCUT2D eigenvalue weighted by Gasteiger charge is -2.38. The van der Waals surface area contributed by atoms with Crippen molar-refractivity contribution in [2.24, 2.45) is 0 Å². The molecule has 0 spiro atoms. The second-order valence-electron chi connectivity index (χ2n) is 5.44. The van der Waals surface area contributed by atoms with Gasteiger partial charge in [0.15, 0.2) is 0 Å². The Balaban J connectivity index is 2.14. The van der Waals surface area contributed by atoms with E-state index in [9.17, 15) is 14.4 Å². The highest BCUT2D eigenvalue weighted by Crippen LogP contribution is 2.35. The summed E-state index contributed by atoms with van der Waals surface area (Å²) in [4.78, 5) is 13.9. The summed E-state index contributed by atoms with van der Waals surface area (Å²) in [5.74, 6) is -0.859. The molecule has 0 aliphatic carbocycles. The first-order chi connectivity index (χ1) is 11.5. The van der Waals surface area contributed by atoms with Crippen molar-refractivity contribution in [1.82, 2.24) is 5.32 Å². The molecule has 0 fully saturated rings. The van der Waals surface area contributed by atoms with Gasteiger partial charge in [-0.2, -0.15) is 5.26 Å². The Hall–Kier alpha value is -2.78. The molecule has 1 amide bonds. The topological polar surface area (TPSA) is 56.1 Å². The summed E-state index contributed by atoms with van der Waals surface area (Å²) < 4.78 is 13.2. The number of hydrogen-bond donors (Lipinski definition) is 2. The fraction of sp³-hybridized carbons (Fsp3) is 0.111. The lowest BCUT2D eigenvalue weighted by molar-refractivity contribution is -0.118. The van der Waals surface area contributed by atoms with Crippen LogP contribution in [-0.4, -0.2) is 5.91 Å². The number of nitrogens with zero attached hydrogens (tertiary/aromatic N) is 2. The molecule has 6 heteroatoms. The highest BCUT2D eigenvalue weighted by atomic mass is 32.1. The van der Waals surface area contributed by atoms with Crippen molar-refractivity contribution in [3.05, 3.63) is 76.1 Å². The van der Waals surface area contributed by atoms with Crippen LogP contribution in [0.15, 0.2) is 59.1 Å². The fourth-order valence-corrected chi connectivity index (χ4v) is 2.94. The SMILES string of the molecule is Cc1ccc(N2C(S)=C(C#N)C(=O)NC2c2ccc(F)cc2)cc1. The van der Waals surface area contributed by atoms with E-state index in [0.717, 1.165) is 11.3 Å². The maximum atomic E-state index is 13.2. The minimum Gasteiger partial charge on any atom is -0.327 e. The average Bonchev–Trinajstić information content (AvgIpc) is 2.57. The fourth-order valence-electron chi connectivity index (χ4n) is 2.56. The third-order valence-corrected chi connectivity index (χ3v) is 4.25. The number of carbonyl (C=O) groups is 1. The third kappa shape index (κ3) is 2.86. The van der Waals surface area contributed by atoms with E-state index >= 15 is 0 Å². The summed E-state index contributed by atoms with van der Waals surface area (Å²) in [5, 5.41) is 12.3. The molecule has 2 aromatic rings. The monoisotopic (exact) mass is 339 g/mol. The highest BCUT2D eigenvalue weighted by molar-refractivity contribution is 7.84. The van der Waals surface area contributed by atoms with Crippen molar-refractivity contribution in [1.29, 1.82) is 5.26 Å². The van der Waals surface area contributed by atoms with Crippen molar-refractivity contribution in [3.8, 4) is 6.07 Å². The Morgan fingerprint density at radius 3 is 2.38 bits per heavy atom. The van der Waals surface area contributed by atoms with E-state index in [1.807, 2.05) is 37.3 Å². The van der Waals surface area contributed by atoms with Gasteiger partial charge in [-0.15, -0.1) is 12.6 Å². The predicted octanol–water partition coefficient (Wildman–Crippen LogP) is 3.43. The number of carbonyl (C=O) groups excluding carboxylic acids is 1. The van der Waals surface area contributed by atoms with Crippen LogP contribution in [0, 0.1) is 24.1 Å². The number of halogens is 1. The Labute approximate surface area is 144 Å². The molecule has 1 atom stereocenters. The van der Waals surface area contributed by atoms with Gasteiger partial charge in [0, 0.05) is 5.69 Å². The first-order valence-electron chi connectivity index (χ1n) is 7.27. The van der Waals surface area contributed by atoms with Crippen molar-refractivity contribution >= 4 is 24.2 Å². The van der Waals surface area contributed by atoms with Crippen LogP contribution in [0.25, 0.3) is 0 Å². The van der Waals surface area contributed by atoms with Crippen LogP contribution < -0.4 is 10.2 Å². The normalized spacial score (nSPS) is 17.5. The number of rotatable bonds is 2. The molecule has 24 heavy (non-hydrogen) atoms. The molecule has 0 radical (unpaired) electrons. The summed E-state index contributed by atoms with van der Waals surface area (Å²) in [7, 11) is 0. The molecule has 3 rings (SSSR count). The van der Waals surface area contributed by atoms with Crippen LogP contribution in [0.4, 0.5) is 10.1 Å². The Morgan fingerprint density at radius 2 is 1.79 bits per heavy atom. The molecule has 1 heterocycles. The first kappa shape index (κ1) is 16.1. The number of benzene rings is 2. The van der Waals surface area contributed by atoms with Crippen molar-refractivity contribution in [2.75, 3.05) is 4.90 Å². The van der Waals surface area contributed by atoms with Gasteiger partial charge < -0.3 is 10.2 Å². The van der Waals surface area contributed by atoms with E-state index in [1.54, 1.807) is 17.0 Å². The summed E-state index contributed by atoms with van der Waals surface area (Å²) in [6.07, 6.45) is -0.578. The van der Waals surface area contributed by atoms with E-state index in [-0.39, 0.29) is 16.4 Å². The van der Waals surface area contributed by atoms with Crippen molar-refractivity contribution in [2.45, 2.75) is 13.1 Å². The van der Waals surface area contributed by atoms with Crippen LogP contribution in [0.5, 0.6) is 0 Å². The van der Waals surface area contributed by atoms with E-state index in [4.69, 9.17) is 0 Å². The maximum Gasteiger partial charge on any atom is 0.266 e. The Bertz CT molecular complexity index is 853. The molecule has 1 N–H and O–H groups in total. The molecule has 0 saturated carbocycles. The summed E-state index contributed by atoms with van der Waals surface area (Å²) in [6.45, 7) is 1.97. The van der Waals surface area contributed by atoms with Gasteiger partial charge in [0.25, 0.3) is 5.91 Å². The van der Waals surface area contributed by atoms with Gasteiger partial charge in [0.2, 0.25) is 0 Å². The van der Waals surface area contributed by atoms with Gasteiger partial charge in [0.05, 0.1) is 5.03 Å². The Morgan fingerprint density at radius 1 is 1.17 bits per heavy atom. The standard InChI is InChI=1S/C18H14FN3OS/c1-11-2-8-14(9-3-11)22-16(12-4-6-13(19)7-5-12)21-17(23)15(10-20)18(22)24/h2-9,16,24H,1H3,(H,21,23). The zero-order valence-electron chi connectivity index (χ0n) is 12.8. The number of anilines is 1. The number of nitriles is 1. The minimum absolute atomic E-state index is 0.0581. The first-order valence-corrected chi connectivity index (χ1v) is 7.71. The lowest BCUT2D eigenvalue weighted by atomic mass is 10.1. The molecule has 1 unspecified atom stereocenters. The number of thiol groups is 1. The van der Waals surface area contributed by atoms with Crippen molar-refractivity contribution < 1.29 is 9.18 Å². The second-order valence-corrected chi connectivity index (χ2v) is 5.87. The highest BCUT2D eigenvalue weighted by Gasteiger charge is 2.33. The number of aryl methyl sites for hydroxylation is 1. The lowest BCUT2D eigenvalue weighted by Crippen LogP contribution is -2.46. The van der Waals surface area contributed by atoms with E-state index in [2.05, 4.69) is 17.9 Å².